The Morgan fingerprint density at radius 3 is 0.797 bits per heavy atom. The second-order valence-electron chi connectivity index (χ2n) is 19.8. The highest BCUT2D eigenvalue weighted by Crippen LogP contribution is 2.49. The van der Waals surface area contributed by atoms with Crippen LogP contribution in [0.4, 0.5) is 0 Å². The van der Waals surface area contributed by atoms with Crippen LogP contribution in [0, 0.1) is 0 Å². The highest BCUT2D eigenvalue weighted by molar-refractivity contribution is 6.26. The van der Waals surface area contributed by atoms with Crippen molar-refractivity contribution in [1.29, 1.82) is 0 Å². The molecule has 342 valence electrons. The van der Waals surface area contributed by atoms with Crippen molar-refractivity contribution in [2.45, 2.75) is 0 Å². The van der Waals surface area contributed by atoms with Gasteiger partial charge in [-0.25, -0.2) is 0 Å². The third-order valence-corrected chi connectivity index (χ3v) is 15.8. The first-order chi connectivity index (χ1) is 36.7. The van der Waals surface area contributed by atoms with Gasteiger partial charge in [0.05, 0.1) is 0 Å². The maximum absolute atomic E-state index is 6.83. The Labute approximate surface area is 425 Å². The van der Waals surface area contributed by atoms with E-state index >= 15 is 0 Å². The fourth-order valence-electron chi connectivity index (χ4n) is 12.5. The first kappa shape index (κ1) is 40.9. The molecule has 2 heteroatoms. The average Bonchev–Trinajstić information content (AvgIpc) is 4.03. The lowest BCUT2D eigenvalue weighted by atomic mass is 9.85. The fraction of sp³-hybridized carbons (Fsp3) is 0. The molecule has 2 aromatic heterocycles. The number of benzene rings is 14. The molecule has 0 aliphatic carbocycles. The molecule has 0 radical (unpaired) electrons. The Morgan fingerprint density at radius 2 is 0.459 bits per heavy atom. The summed E-state index contributed by atoms with van der Waals surface area (Å²) in [6.07, 6.45) is 0. The van der Waals surface area contributed by atoms with Crippen LogP contribution in [0.5, 0.6) is 0 Å². The Kier molecular flexibility index (Phi) is 8.78. The molecule has 14 aromatic carbocycles. The van der Waals surface area contributed by atoms with Gasteiger partial charge in [-0.2, -0.15) is 0 Å². The van der Waals surface area contributed by atoms with Gasteiger partial charge >= 0.3 is 0 Å². The molecule has 0 atom stereocenters. The van der Waals surface area contributed by atoms with E-state index in [1.807, 2.05) is 0 Å². The molecule has 0 N–H and O–H groups in total. The molecule has 0 amide bonds. The van der Waals surface area contributed by atoms with Crippen molar-refractivity contribution in [2.75, 3.05) is 0 Å². The van der Waals surface area contributed by atoms with Gasteiger partial charge in [0, 0.05) is 43.8 Å². The molecule has 0 saturated heterocycles. The number of fused-ring (bicyclic) bond motifs is 12. The summed E-state index contributed by atoms with van der Waals surface area (Å²) in [6.45, 7) is 0. The van der Waals surface area contributed by atoms with Crippen LogP contribution in [0.1, 0.15) is 0 Å². The number of para-hydroxylation sites is 2. The van der Waals surface area contributed by atoms with Gasteiger partial charge in [-0.05, 0) is 122 Å². The van der Waals surface area contributed by atoms with Crippen molar-refractivity contribution in [1.82, 2.24) is 0 Å². The van der Waals surface area contributed by atoms with Gasteiger partial charge in [0.25, 0.3) is 0 Å². The Morgan fingerprint density at radius 1 is 0.189 bits per heavy atom. The fourth-order valence-corrected chi connectivity index (χ4v) is 12.5. The highest BCUT2D eigenvalue weighted by Gasteiger charge is 2.23. The van der Waals surface area contributed by atoms with Gasteiger partial charge in [-0.3, -0.25) is 0 Å². The minimum Gasteiger partial charge on any atom is -0.455 e. The minimum atomic E-state index is 0.908. The lowest BCUT2D eigenvalue weighted by molar-refractivity contribution is 0.670. The van der Waals surface area contributed by atoms with Crippen LogP contribution in [0.2, 0.25) is 0 Å². The number of rotatable bonds is 5. The predicted octanol–water partition coefficient (Wildman–Crippen LogP) is 20.7. The molecule has 0 unspecified atom stereocenters. The van der Waals surface area contributed by atoms with Crippen molar-refractivity contribution in [3.63, 3.8) is 0 Å². The molecule has 0 bridgehead atoms. The quantitative estimate of drug-likeness (QED) is 0.161. The van der Waals surface area contributed by atoms with E-state index in [9.17, 15) is 0 Å². The maximum Gasteiger partial charge on any atom is 0.143 e. The summed E-state index contributed by atoms with van der Waals surface area (Å²) in [5.74, 6) is 0. The molecule has 2 nitrogen and oxygen atoms in total. The normalized spacial score (nSPS) is 12.1. The molecule has 16 aromatic rings. The summed E-state index contributed by atoms with van der Waals surface area (Å²) in [6, 6.07) is 92.9. The average molecular weight is 939 g/mol. The van der Waals surface area contributed by atoms with Gasteiger partial charge < -0.3 is 8.83 Å². The summed E-state index contributed by atoms with van der Waals surface area (Å²) in [5, 5.41) is 19.0. The molecule has 0 aliphatic heterocycles. The second kappa shape index (κ2) is 15.9. The van der Waals surface area contributed by atoms with E-state index in [0.717, 1.165) is 55.0 Å². The van der Waals surface area contributed by atoms with Crippen LogP contribution in [-0.2, 0) is 0 Å². The lowest BCUT2D eigenvalue weighted by Crippen LogP contribution is -1.91. The second-order valence-corrected chi connectivity index (χ2v) is 19.8. The van der Waals surface area contributed by atoms with Crippen LogP contribution in [0.25, 0.3) is 164 Å². The van der Waals surface area contributed by atoms with Crippen LogP contribution >= 0.6 is 0 Å². The third-order valence-electron chi connectivity index (χ3n) is 15.8. The van der Waals surface area contributed by atoms with Gasteiger partial charge in [-0.1, -0.05) is 231 Å². The summed E-state index contributed by atoms with van der Waals surface area (Å²) >= 11 is 0. The van der Waals surface area contributed by atoms with Crippen LogP contribution in [0.15, 0.2) is 264 Å². The standard InChI is InChI=1S/C72H42O2/c1-3-17-49-41-65-63(39-47(49)15-1)59-27-13-29-61(71(59)73-65)69-55-23-9-5-19-51(55)67(52-20-6-10-24-56(52)69)45-35-31-43(32-36-45)44-33-37-46(38-34-44)68-53-21-7-11-25-57(53)70(58-26-12-8-22-54(58)68)62-30-14-28-60-64-40-48-16-2-4-18-50(48)42-66(64)74-72(60)62/h1-42H. The highest BCUT2D eigenvalue weighted by atomic mass is 16.3. The van der Waals surface area contributed by atoms with E-state index in [-0.39, 0.29) is 0 Å². The lowest BCUT2D eigenvalue weighted by Gasteiger charge is -2.18. The molecule has 16 rings (SSSR count). The predicted molar refractivity (Wildman–Crippen MR) is 313 cm³/mol. The van der Waals surface area contributed by atoms with Crippen LogP contribution in [0.3, 0.4) is 0 Å². The van der Waals surface area contributed by atoms with E-state index in [2.05, 4.69) is 255 Å². The van der Waals surface area contributed by atoms with E-state index < -0.39 is 0 Å². The maximum atomic E-state index is 6.83. The van der Waals surface area contributed by atoms with Gasteiger partial charge in [0.2, 0.25) is 0 Å². The van der Waals surface area contributed by atoms with E-state index in [0.29, 0.717) is 0 Å². The molecular weight excluding hydrogens is 897 g/mol. The smallest absolute Gasteiger partial charge is 0.143 e. The van der Waals surface area contributed by atoms with Crippen molar-refractivity contribution in [2.24, 2.45) is 0 Å². The molecule has 2 heterocycles. The van der Waals surface area contributed by atoms with Crippen LogP contribution < -0.4 is 0 Å². The zero-order valence-electron chi connectivity index (χ0n) is 40.1. The van der Waals surface area contributed by atoms with Gasteiger partial charge in [0.15, 0.2) is 0 Å². The molecule has 0 saturated carbocycles. The largest absolute Gasteiger partial charge is 0.455 e. The van der Waals surface area contributed by atoms with Crippen molar-refractivity contribution >= 4 is 109 Å². The van der Waals surface area contributed by atoms with E-state index in [1.54, 1.807) is 0 Å². The third kappa shape index (κ3) is 6.06. The van der Waals surface area contributed by atoms with Crippen molar-refractivity contribution < 1.29 is 8.83 Å². The summed E-state index contributed by atoms with van der Waals surface area (Å²) in [4.78, 5) is 0. The van der Waals surface area contributed by atoms with Gasteiger partial charge in [-0.15, -0.1) is 0 Å². The summed E-state index contributed by atoms with van der Waals surface area (Å²) < 4.78 is 13.7. The zero-order chi connectivity index (χ0) is 48.4. The Bertz CT molecular complexity index is 4560. The first-order valence-corrected chi connectivity index (χ1v) is 25.5. The first-order valence-electron chi connectivity index (χ1n) is 25.5. The van der Waals surface area contributed by atoms with Crippen molar-refractivity contribution in [3.05, 3.63) is 255 Å². The topological polar surface area (TPSA) is 26.3 Å². The monoisotopic (exact) mass is 938 g/mol. The summed E-state index contributed by atoms with van der Waals surface area (Å²) in [5.41, 5.74) is 15.4. The number of hydrogen-bond acceptors (Lipinski definition) is 2. The zero-order valence-corrected chi connectivity index (χ0v) is 40.1. The Balaban J connectivity index is 0.793. The van der Waals surface area contributed by atoms with Crippen LogP contribution in [-0.4, -0.2) is 0 Å². The van der Waals surface area contributed by atoms with E-state index in [4.69, 9.17) is 8.83 Å². The SMILES string of the molecule is c1ccc2cc3c(cc2c1)oc1c(-c2c4ccccc4c(-c4ccc(-c5ccc(-c6c7ccccc7c(-c7cccc8c7oc7cc9ccccc9cc78)c7ccccc67)cc5)cc4)c4ccccc24)cccc13. The van der Waals surface area contributed by atoms with Crippen molar-refractivity contribution in [3.8, 4) is 55.6 Å². The molecule has 0 fully saturated rings. The molecule has 74 heavy (non-hydrogen) atoms. The molecule has 0 aliphatic rings. The van der Waals surface area contributed by atoms with Gasteiger partial charge in [0.1, 0.15) is 22.3 Å². The Hall–Kier alpha value is -9.76. The minimum absolute atomic E-state index is 0.908. The number of hydrogen-bond donors (Lipinski definition) is 0. The molecule has 0 spiro atoms. The number of furan rings is 2. The molecular formula is C72H42O2. The van der Waals surface area contributed by atoms with E-state index in [1.165, 1.54) is 109 Å². The summed E-state index contributed by atoms with van der Waals surface area (Å²) in [7, 11) is 0.